The van der Waals surface area contributed by atoms with Crippen molar-refractivity contribution >= 4 is 41.3 Å². The number of hydrogen-bond acceptors (Lipinski definition) is 4. The van der Waals surface area contributed by atoms with E-state index in [0.717, 1.165) is 4.70 Å². The zero-order valence-electron chi connectivity index (χ0n) is 12.5. The lowest BCUT2D eigenvalue weighted by Crippen LogP contribution is -2.09. The van der Waals surface area contributed by atoms with Crippen molar-refractivity contribution in [2.75, 3.05) is 0 Å². The Balaban J connectivity index is 2.15. The average molecular weight is 352 g/mol. The van der Waals surface area contributed by atoms with Crippen LogP contribution in [0.4, 0.5) is 0 Å². The maximum absolute atomic E-state index is 13.0. The maximum atomic E-state index is 13.0. The van der Waals surface area contributed by atoms with Crippen molar-refractivity contribution in [3.05, 3.63) is 83.0 Å². The van der Waals surface area contributed by atoms with Gasteiger partial charge in [-0.15, -0.1) is 11.3 Å². The van der Waals surface area contributed by atoms with Crippen molar-refractivity contribution in [2.24, 2.45) is 0 Å². The summed E-state index contributed by atoms with van der Waals surface area (Å²) < 4.78 is 27.5. The highest BCUT2D eigenvalue weighted by atomic mass is 32.2. The number of benzene rings is 3. The molecule has 118 valence electrons. The molecular weight excluding hydrogens is 340 g/mol. The van der Waals surface area contributed by atoms with Crippen LogP contribution in [0.2, 0.25) is 0 Å². The SMILES string of the molecule is O=c1c2ccccc2sc2cccc(S(=O)(=O)c3ccccc3)c12. The lowest BCUT2D eigenvalue weighted by molar-refractivity contribution is 0.597. The van der Waals surface area contributed by atoms with E-state index in [4.69, 9.17) is 0 Å². The van der Waals surface area contributed by atoms with Gasteiger partial charge in [0.15, 0.2) is 5.43 Å². The van der Waals surface area contributed by atoms with Crippen molar-refractivity contribution in [3.63, 3.8) is 0 Å². The highest BCUT2D eigenvalue weighted by Crippen LogP contribution is 2.31. The number of hydrogen-bond donors (Lipinski definition) is 0. The minimum Gasteiger partial charge on any atom is -0.288 e. The lowest BCUT2D eigenvalue weighted by atomic mass is 10.2. The molecule has 0 unspecified atom stereocenters. The number of fused-ring (bicyclic) bond motifs is 2. The van der Waals surface area contributed by atoms with Crippen LogP contribution in [-0.2, 0) is 9.84 Å². The van der Waals surface area contributed by atoms with Gasteiger partial charge in [-0.05, 0) is 36.4 Å². The van der Waals surface area contributed by atoms with Gasteiger partial charge in [0.25, 0.3) is 0 Å². The molecule has 1 heterocycles. The molecule has 5 heteroatoms. The van der Waals surface area contributed by atoms with Crippen LogP contribution < -0.4 is 5.43 Å². The molecule has 0 spiro atoms. The molecule has 3 nitrogen and oxygen atoms in total. The molecule has 0 aliphatic heterocycles. The maximum Gasteiger partial charge on any atom is 0.207 e. The first-order chi connectivity index (χ1) is 11.6. The molecule has 3 aromatic carbocycles. The van der Waals surface area contributed by atoms with E-state index in [-0.39, 0.29) is 20.6 Å². The first kappa shape index (κ1) is 15.1. The predicted octanol–water partition coefficient (Wildman–Crippen LogP) is 4.25. The van der Waals surface area contributed by atoms with Crippen LogP contribution >= 0.6 is 11.3 Å². The van der Waals surface area contributed by atoms with Crippen LogP contribution in [0.1, 0.15) is 0 Å². The van der Waals surface area contributed by atoms with Gasteiger partial charge in [0, 0.05) is 14.8 Å². The van der Waals surface area contributed by atoms with E-state index in [0.29, 0.717) is 10.1 Å². The van der Waals surface area contributed by atoms with Gasteiger partial charge in [-0.25, -0.2) is 8.42 Å². The summed E-state index contributed by atoms with van der Waals surface area (Å²) in [6.07, 6.45) is 0. The van der Waals surface area contributed by atoms with Gasteiger partial charge < -0.3 is 0 Å². The number of rotatable bonds is 2. The van der Waals surface area contributed by atoms with E-state index in [1.54, 1.807) is 54.6 Å². The standard InChI is InChI=1S/C19H12O3S2/c20-19-14-9-4-5-10-15(14)23-16-11-6-12-17(18(16)19)24(21,22)13-7-2-1-3-8-13/h1-12H. The Morgan fingerprint density at radius 2 is 1.38 bits per heavy atom. The van der Waals surface area contributed by atoms with Crippen LogP contribution in [0, 0.1) is 0 Å². The quantitative estimate of drug-likeness (QED) is 0.507. The molecule has 0 bridgehead atoms. The molecule has 0 radical (unpaired) electrons. The summed E-state index contributed by atoms with van der Waals surface area (Å²) in [5.41, 5.74) is -0.241. The number of sulfone groups is 1. The molecular formula is C19H12O3S2. The molecule has 1 aromatic heterocycles. The van der Waals surface area contributed by atoms with Gasteiger partial charge in [-0.3, -0.25) is 4.79 Å². The third-order valence-electron chi connectivity index (χ3n) is 3.91. The van der Waals surface area contributed by atoms with Gasteiger partial charge in [0.2, 0.25) is 9.84 Å². The van der Waals surface area contributed by atoms with E-state index in [9.17, 15) is 13.2 Å². The van der Waals surface area contributed by atoms with Crippen LogP contribution in [0.25, 0.3) is 20.2 Å². The van der Waals surface area contributed by atoms with E-state index >= 15 is 0 Å². The molecule has 0 N–H and O–H groups in total. The Morgan fingerprint density at radius 1 is 0.708 bits per heavy atom. The Hall–Kier alpha value is -2.50. The second-order valence-electron chi connectivity index (χ2n) is 5.37. The van der Waals surface area contributed by atoms with E-state index < -0.39 is 9.84 Å². The predicted molar refractivity (Wildman–Crippen MR) is 97.5 cm³/mol. The summed E-state index contributed by atoms with van der Waals surface area (Å²) in [6, 6.07) is 20.4. The topological polar surface area (TPSA) is 51.2 Å². The monoisotopic (exact) mass is 352 g/mol. The highest BCUT2D eigenvalue weighted by molar-refractivity contribution is 7.91. The van der Waals surface area contributed by atoms with Crippen LogP contribution in [0.3, 0.4) is 0 Å². The van der Waals surface area contributed by atoms with Crippen molar-refractivity contribution in [1.82, 2.24) is 0 Å². The molecule has 0 amide bonds. The zero-order chi connectivity index (χ0) is 16.7. The molecule has 0 saturated carbocycles. The third-order valence-corrected chi connectivity index (χ3v) is 6.86. The van der Waals surface area contributed by atoms with Crippen molar-refractivity contribution in [1.29, 1.82) is 0 Å². The molecule has 4 rings (SSSR count). The minimum atomic E-state index is -3.75. The summed E-state index contributed by atoms with van der Waals surface area (Å²) in [7, 11) is -3.75. The largest absolute Gasteiger partial charge is 0.288 e. The van der Waals surface area contributed by atoms with Gasteiger partial charge >= 0.3 is 0 Å². The first-order valence-corrected chi connectivity index (χ1v) is 9.64. The lowest BCUT2D eigenvalue weighted by Gasteiger charge is -2.08. The first-order valence-electron chi connectivity index (χ1n) is 7.34. The highest BCUT2D eigenvalue weighted by Gasteiger charge is 2.22. The fraction of sp³-hybridized carbons (Fsp3) is 0. The molecule has 24 heavy (non-hydrogen) atoms. The summed E-state index contributed by atoms with van der Waals surface area (Å²) in [4.78, 5) is 13.2. The Labute approximate surface area is 142 Å². The Bertz CT molecular complexity index is 1220. The Morgan fingerprint density at radius 3 is 2.17 bits per heavy atom. The fourth-order valence-corrected chi connectivity index (χ4v) is 5.44. The third kappa shape index (κ3) is 2.25. The van der Waals surface area contributed by atoms with Crippen LogP contribution in [-0.4, -0.2) is 8.42 Å². The van der Waals surface area contributed by atoms with Crippen molar-refractivity contribution in [3.8, 4) is 0 Å². The van der Waals surface area contributed by atoms with Crippen LogP contribution in [0.5, 0.6) is 0 Å². The van der Waals surface area contributed by atoms with E-state index in [1.807, 2.05) is 12.1 Å². The van der Waals surface area contributed by atoms with Gasteiger partial charge in [-0.1, -0.05) is 36.4 Å². The minimum absolute atomic E-state index is 0.0678. The van der Waals surface area contributed by atoms with Crippen molar-refractivity contribution in [2.45, 2.75) is 9.79 Å². The van der Waals surface area contributed by atoms with Gasteiger partial charge in [0.1, 0.15) is 0 Å². The summed E-state index contributed by atoms with van der Waals surface area (Å²) >= 11 is 1.43. The Kier molecular flexibility index (Phi) is 3.48. The summed E-state index contributed by atoms with van der Waals surface area (Å²) in [5.74, 6) is 0. The molecule has 0 aliphatic carbocycles. The van der Waals surface area contributed by atoms with E-state index in [2.05, 4.69) is 0 Å². The normalized spacial score (nSPS) is 11.8. The van der Waals surface area contributed by atoms with E-state index in [1.165, 1.54) is 17.4 Å². The molecule has 4 aromatic rings. The molecule has 0 atom stereocenters. The van der Waals surface area contributed by atoms with Crippen LogP contribution in [0.15, 0.2) is 87.4 Å². The second kappa shape index (κ2) is 5.54. The molecule has 0 fully saturated rings. The smallest absolute Gasteiger partial charge is 0.207 e. The molecule has 0 saturated heterocycles. The van der Waals surface area contributed by atoms with Gasteiger partial charge in [0.05, 0.1) is 15.2 Å². The summed E-state index contributed by atoms with van der Waals surface area (Å²) in [5, 5.41) is 0.816. The van der Waals surface area contributed by atoms with Crippen molar-refractivity contribution < 1.29 is 8.42 Å². The fourth-order valence-electron chi connectivity index (χ4n) is 2.77. The molecule has 0 aliphatic rings. The average Bonchev–Trinajstić information content (AvgIpc) is 2.62. The van der Waals surface area contributed by atoms with Gasteiger partial charge in [-0.2, -0.15) is 0 Å². The zero-order valence-corrected chi connectivity index (χ0v) is 14.1. The summed E-state index contributed by atoms with van der Waals surface area (Å²) in [6.45, 7) is 0. The second-order valence-corrected chi connectivity index (χ2v) is 8.38.